The van der Waals surface area contributed by atoms with Gasteiger partial charge >= 0.3 is 0 Å². The van der Waals surface area contributed by atoms with Gasteiger partial charge in [0, 0.05) is 38.2 Å². The zero-order valence-corrected chi connectivity index (χ0v) is 33.6. The van der Waals surface area contributed by atoms with E-state index in [1.165, 1.54) is 21.9 Å². The zero-order chi connectivity index (χ0) is 41.0. The number of furan rings is 1. The van der Waals surface area contributed by atoms with Crippen molar-refractivity contribution in [1.29, 1.82) is 0 Å². The van der Waals surface area contributed by atoms with Crippen molar-refractivity contribution in [3.05, 3.63) is 235 Å². The van der Waals surface area contributed by atoms with E-state index in [-0.39, 0.29) is 0 Å². The number of hydrogen-bond acceptors (Lipinski definition) is 4. The maximum absolute atomic E-state index is 7.10. The van der Waals surface area contributed by atoms with Crippen molar-refractivity contribution in [1.82, 2.24) is 9.88 Å². The lowest BCUT2D eigenvalue weighted by Crippen LogP contribution is -2.36. The number of para-hydroxylation sites is 3. The van der Waals surface area contributed by atoms with Crippen molar-refractivity contribution in [3.63, 3.8) is 0 Å². The van der Waals surface area contributed by atoms with Gasteiger partial charge in [0.05, 0.1) is 16.7 Å². The molecule has 62 heavy (non-hydrogen) atoms. The highest BCUT2D eigenvalue weighted by Gasteiger charge is 2.27. The summed E-state index contributed by atoms with van der Waals surface area (Å²) in [6, 6.07) is 76.8. The molecule has 9 aromatic carbocycles. The number of rotatable bonds is 7. The fraction of sp³-hybridized carbons (Fsp3) is 0.0175. The van der Waals surface area contributed by atoms with Crippen molar-refractivity contribution in [2.75, 3.05) is 0 Å². The minimum Gasteiger partial charge on any atom is -0.454 e. The summed E-state index contributed by atoms with van der Waals surface area (Å²) in [6.07, 6.45) is -0.590. The van der Waals surface area contributed by atoms with Crippen LogP contribution in [0.1, 0.15) is 22.9 Å². The minimum absolute atomic E-state index is 0.590. The zero-order valence-electron chi connectivity index (χ0n) is 33.6. The molecule has 0 atom stereocenters. The van der Waals surface area contributed by atoms with E-state index in [0.29, 0.717) is 0 Å². The first-order valence-electron chi connectivity index (χ1n) is 21.0. The molecule has 0 fully saturated rings. The molecule has 0 unspecified atom stereocenters. The second kappa shape index (κ2) is 14.8. The highest BCUT2D eigenvalue weighted by molar-refractivity contribution is 6.17. The van der Waals surface area contributed by atoms with Gasteiger partial charge in [0.1, 0.15) is 17.3 Å². The summed E-state index contributed by atoms with van der Waals surface area (Å²) >= 11 is 0. The van der Waals surface area contributed by atoms with Crippen LogP contribution in [-0.4, -0.2) is 16.2 Å². The van der Waals surface area contributed by atoms with E-state index in [1.807, 2.05) is 18.2 Å². The highest BCUT2D eigenvalue weighted by Crippen LogP contribution is 2.43. The predicted molar refractivity (Wildman–Crippen MR) is 256 cm³/mol. The van der Waals surface area contributed by atoms with Crippen LogP contribution in [0.5, 0.6) is 0 Å². The topological polar surface area (TPSA) is 54.8 Å². The highest BCUT2D eigenvalue weighted by atomic mass is 16.3. The van der Waals surface area contributed by atoms with Gasteiger partial charge in [-0.2, -0.15) is 0 Å². The predicted octanol–water partition coefficient (Wildman–Crippen LogP) is 14.2. The Labute approximate surface area is 358 Å². The normalized spacial score (nSPS) is 13.1. The van der Waals surface area contributed by atoms with Gasteiger partial charge in [-0.1, -0.05) is 188 Å². The number of aromatic nitrogens is 1. The van der Waals surface area contributed by atoms with E-state index in [4.69, 9.17) is 14.4 Å². The molecule has 0 spiro atoms. The van der Waals surface area contributed by atoms with Gasteiger partial charge in [-0.25, -0.2) is 9.98 Å². The standard InChI is InChI=1S/C57H38N4O/c1-4-15-37(16-5-1)40-27-31-42(32-28-40)55-58-56(43-33-29-41(30-34-43)38-17-6-2-7-18-38)60-57(59-55)48-35-44(39-19-8-3-9-20-39)36-52-53(48)47-23-14-26-51(54(47)62-52)61-49-24-12-10-21-45(49)46-22-11-13-25-50(46)61/h1-36,57H,(H,58,59,60). The van der Waals surface area contributed by atoms with Crippen LogP contribution in [-0.2, 0) is 0 Å². The van der Waals surface area contributed by atoms with E-state index in [0.717, 1.165) is 89.3 Å². The number of aliphatic imine (C=N–C) groups is 2. The third kappa shape index (κ3) is 6.10. The van der Waals surface area contributed by atoms with Crippen LogP contribution in [0, 0.1) is 0 Å². The Bertz CT molecular complexity index is 3360. The Morgan fingerprint density at radius 3 is 1.35 bits per heavy atom. The van der Waals surface area contributed by atoms with Crippen molar-refractivity contribution in [2.45, 2.75) is 6.17 Å². The monoisotopic (exact) mass is 794 g/mol. The van der Waals surface area contributed by atoms with E-state index in [1.54, 1.807) is 0 Å². The molecule has 3 heterocycles. The first-order chi connectivity index (χ1) is 30.7. The summed E-state index contributed by atoms with van der Waals surface area (Å²) in [5.41, 5.74) is 14.5. The Kier molecular flexibility index (Phi) is 8.49. The second-order valence-corrected chi connectivity index (χ2v) is 15.8. The Hall–Kier alpha value is -8.28. The lowest BCUT2D eigenvalue weighted by atomic mass is 9.96. The average molecular weight is 795 g/mol. The van der Waals surface area contributed by atoms with Crippen LogP contribution in [0.15, 0.2) is 233 Å². The Balaban J connectivity index is 1.07. The van der Waals surface area contributed by atoms with E-state index >= 15 is 0 Å². The Morgan fingerprint density at radius 1 is 0.387 bits per heavy atom. The molecule has 0 bridgehead atoms. The fourth-order valence-electron chi connectivity index (χ4n) is 9.09. The molecule has 0 amide bonds. The molecule has 1 N–H and O–H groups in total. The smallest absolute Gasteiger partial charge is 0.170 e. The van der Waals surface area contributed by atoms with Gasteiger partial charge in [-0.15, -0.1) is 0 Å². The van der Waals surface area contributed by atoms with Crippen LogP contribution < -0.4 is 5.32 Å². The molecule has 0 aliphatic carbocycles. The molecule has 5 heteroatoms. The lowest BCUT2D eigenvalue weighted by Gasteiger charge is -2.23. The molecule has 0 saturated heterocycles. The van der Waals surface area contributed by atoms with Crippen LogP contribution in [0.25, 0.3) is 82.8 Å². The number of hydrogen-bond donors (Lipinski definition) is 1. The van der Waals surface area contributed by atoms with E-state index in [9.17, 15) is 0 Å². The van der Waals surface area contributed by atoms with Crippen molar-refractivity contribution in [3.8, 4) is 39.1 Å². The molecule has 0 saturated carbocycles. The molecule has 1 aliphatic heterocycles. The number of nitrogens with zero attached hydrogens (tertiary/aromatic N) is 3. The fourth-order valence-corrected chi connectivity index (χ4v) is 9.09. The van der Waals surface area contributed by atoms with Crippen LogP contribution in [0.4, 0.5) is 0 Å². The van der Waals surface area contributed by atoms with Crippen LogP contribution in [0.2, 0.25) is 0 Å². The summed E-state index contributed by atoms with van der Waals surface area (Å²) < 4.78 is 9.43. The largest absolute Gasteiger partial charge is 0.454 e. The summed E-state index contributed by atoms with van der Waals surface area (Å²) in [5, 5.41) is 8.09. The third-order valence-electron chi connectivity index (χ3n) is 12.1. The molecule has 5 nitrogen and oxygen atoms in total. The van der Waals surface area contributed by atoms with Crippen molar-refractivity contribution < 1.29 is 4.42 Å². The average Bonchev–Trinajstić information content (AvgIpc) is 3.91. The molecule has 292 valence electrons. The molecule has 11 aromatic rings. The number of fused-ring (bicyclic) bond motifs is 6. The molecule has 0 radical (unpaired) electrons. The maximum Gasteiger partial charge on any atom is 0.170 e. The van der Waals surface area contributed by atoms with Gasteiger partial charge in [-0.05, 0) is 63.7 Å². The number of nitrogens with one attached hydrogen (secondary N) is 1. The molecule has 2 aromatic heterocycles. The lowest BCUT2D eigenvalue weighted by molar-refractivity contribution is 0.665. The second-order valence-electron chi connectivity index (χ2n) is 15.8. The summed E-state index contributed by atoms with van der Waals surface area (Å²) in [4.78, 5) is 10.9. The summed E-state index contributed by atoms with van der Waals surface area (Å²) in [6.45, 7) is 0. The number of benzene rings is 9. The van der Waals surface area contributed by atoms with Gasteiger partial charge in [0.15, 0.2) is 11.7 Å². The first-order valence-corrected chi connectivity index (χ1v) is 21.0. The first kappa shape index (κ1) is 35.6. The molecular weight excluding hydrogens is 757 g/mol. The maximum atomic E-state index is 7.10. The summed E-state index contributed by atoms with van der Waals surface area (Å²) in [5.74, 6) is 1.51. The number of amidine groups is 2. The van der Waals surface area contributed by atoms with Gasteiger partial charge < -0.3 is 14.3 Å². The van der Waals surface area contributed by atoms with Gasteiger partial charge in [0.25, 0.3) is 0 Å². The Morgan fingerprint density at radius 2 is 0.823 bits per heavy atom. The SMILES string of the molecule is c1ccc(-c2ccc(C3=NC(c4cc(-c5ccccc5)cc5oc6c(-n7c8ccccc8c8ccccc87)cccc6c45)N=C(c4ccc(-c5ccccc5)cc4)N3)cc2)cc1. The van der Waals surface area contributed by atoms with Crippen LogP contribution in [0.3, 0.4) is 0 Å². The molecule has 12 rings (SSSR count). The van der Waals surface area contributed by atoms with Gasteiger partial charge in [-0.3, -0.25) is 0 Å². The molecular formula is C57H38N4O. The third-order valence-corrected chi connectivity index (χ3v) is 12.1. The van der Waals surface area contributed by atoms with E-state index in [2.05, 4.69) is 210 Å². The summed E-state index contributed by atoms with van der Waals surface area (Å²) in [7, 11) is 0. The molecule has 1 aliphatic rings. The van der Waals surface area contributed by atoms with E-state index < -0.39 is 6.17 Å². The van der Waals surface area contributed by atoms with Crippen molar-refractivity contribution in [2.24, 2.45) is 9.98 Å². The van der Waals surface area contributed by atoms with Crippen molar-refractivity contribution >= 4 is 55.4 Å². The van der Waals surface area contributed by atoms with Gasteiger partial charge in [0.2, 0.25) is 0 Å². The quantitative estimate of drug-likeness (QED) is 0.175. The minimum atomic E-state index is -0.590. The van der Waals surface area contributed by atoms with Crippen LogP contribution >= 0.6 is 0 Å².